The molecule has 0 aliphatic rings. The molecule has 3 aromatic heterocycles. The summed E-state index contributed by atoms with van der Waals surface area (Å²) >= 11 is 0. The summed E-state index contributed by atoms with van der Waals surface area (Å²) in [6, 6.07) is 66.9. The highest BCUT2D eigenvalue weighted by molar-refractivity contribution is 6.40. The molecule has 0 radical (unpaired) electrons. The summed E-state index contributed by atoms with van der Waals surface area (Å²) in [7, 11) is 0. The number of para-hydroxylation sites is 5. The van der Waals surface area contributed by atoms with Crippen LogP contribution in [-0.4, -0.2) is 13.7 Å². The van der Waals surface area contributed by atoms with E-state index in [1.807, 2.05) is 12.1 Å². The monoisotopic (exact) mass is 674 g/mol. The predicted octanol–water partition coefficient (Wildman–Crippen LogP) is 12.5. The zero-order valence-corrected chi connectivity index (χ0v) is 28.6. The zero-order chi connectivity index (χ0) is 35.0. The van der Waals surface area contributed by atoms with Gasteiger partial charge in [-0.1, -0.05) is 127 Å². The molecule has 0 saturated heterocycles. The van der Waals surface area contributed by atoms with Crippen LogP contribution in [-0.2, 0) is 0 Å². The molecule has 11 rings (SSSR count). The predicted molar refractivity (Wildman–Crippen MR) is 220 cm³/mol. The molecule has 11 aromatic rings. The first-order chi connectivity index (χ1) is 26.3. The van der Waals surface area contributed by atoms with Gasteiger partial charge < -0.3 is 13.7 Å². The van der Waals surface area contributed by atoms with Gasteiger partial charge in [-0.15, -0.1) is 0 Å². The van der Waals surface area contributed by atoms with Crippen molar-refractivity contribution >= 4 is 65.4 Å². The van der Waals surface area contributed by atoms with Gasteiger partial charge in [-0.2, -0.15) is 5.26 Å². The van der Waals surface area contributed by atoms with Crippen molar-refractivity contribution in [3.8, 4) is 34.3 Å². The van der Waals surface area contributed by atoms with Crippen molar-refractivity contribution in [1.82, 2.24) is 13.7 Å². The number of hydrogen-bond acceptors (Lipinski definition) is 1. The Balaban J connectivity index is 1.48. The summed E-state index contributed by atoms with van der Waals surface area (Å²) < 4.78 is 7.26. The highest BCUT2D eigenvalue weighted by Crippen LogP contribution is 2.50. The Morgan fingerprint density at radius 1 is 0.358 bits per heavy atom. The highest BCUT2D eigenvalue weighted by Gasteiger charge is 2.29. The first kappa shape index (κ1) is 29.4. The summed E-state index contributed by atoms with van der Waals surface area (Å²) in [5.41, 5.74) is 12.6. The van der Waals surface area contributed by atoms with Gasteiger partial charge in [0.05, 0.1) is 44.4 Å². The molecule has 0 atom stereocenters. The number of hydrogen-bond donors (Lipinski definition) is 0. The van der Waals surface area contributed by atoms with Crippen molar-refractivity contribution in [3.63, 3.8) is 0 Å². The summed E-state index contributed by atoms with van der Waals surface area (Å²) in [4.78, 5) is 0. The van der Waals surface area contributed by atoms with Gasteiger partial charge in [0.1, 0.15) is 6.07 Å². The number of fused-ring (bicyclic) bond motifs is 12. The van der Waals surface area contributed by atoms with Crippen LogP contribution in [0.15, 0.2) is 182 Å². The van der Waals surface area contributed by atoms with E-state index in [-0.39, 0.29) is 0 Å². The molecule has 0 saturated carbocycles. The summed E-state index contributed by atoms with van der Waals surface area (Å²) in [6.45, 7) is 0. The number of nitriles is 1. The normalized spacial score (nSPS) is 11.8. The fraction of sp³-hybridized carbons (Fsp3) is 0. The maximum absolute atomic E-state index is 10.7. The van der Waals surface area contributed by atoms with E-state index in [9.17, 15) is 5.26 Å². The largest absolute Gasteiger partial charge is 0.308 e. The number of nitrogens with zero attached hydrogens (tertiary/aromatic N) is 4. The second-order valence-electron chi connectivity index (χ2n) is 13.6. The third-order valence-corrected chi connectivity index (χ3v) is 10.8. The lowest BCUT2D eigenvalue weighted by molar-refractivity contribution is 1.16. The molecule has 0 aliphatic carbocycles. The van der Waals surface area contributed by atoms with E-state index in [1.165, 1.54) is 10.8 Å². The molecule has 0 spiro atoms. The first-order valence-corrected chi connectivity index (χ1v) is 17.9. The van der Waals surface area contributed by atoms with Crippen LogP contribution in [0, 0.1) is 11.3 Å². The lowest BCUT2D eigenvalue weighted by Crippen LogP contribution is -2.00. The Bertz CT molecular complexity index is 3200. The lowest BCUT2D eigenvalue weighted by atomic mass is 10.0. The third kappa shape index (κ3) is 4.11. The van der Waals surface area contributed by atoms with Crippen LogP contribution in [0.1, 0.15) is 5.56 Å². The third-order valence-electron chi connectivity index (χ3n) is 10.8. The van der Waals surface area contributed by atoms with Gasteiger partial charge in [-0.3, -0.25) is 0 Å². The zero-order valence-electron chi connectivity index (χ0n) is 28.6. The van der Waals surface area contributed by atoms with Crippen molar-refractivity contribution in [3.05, 3.63) is 188 Å². The van der Waals surface area contributed by atoms with Crippen LogP contribution in [0.5, 0.6) is 0 Å². The lowest BCUT2D eigenvalue weighted by Gasteiger charge is -2.15. The Labute approximate surface area is 305 Å². The van der Waals surface area contributed by atoms with Crippen LogP contribution in [0.4, 0.5) is 0 Å². The molecule has 0 bridgehead atoms. The maximum atomic E-state index is 10.7. The van der Waals surface area contributed by atoms with E-state index < -0.39 is 0 Å². The van der Waals surface area contributed by atoms with Crippen molar-refractivity contribution in [2.24, 2.45) is 0 Å². The Kier molecular flexibility index (Phi) is 6.28. The average Bonchev–Trinajstić information content (AvgIpc) is 3.87. The number of benzene rings is 8. The Morgan fingerprint density at radius 3 is 1.23 bits per heavy atom. The first-order valence-electron chi connectivity index (χ1n) is 17.9. The van der Waals surface area contributed by atoms with Crippen molar-refractivity contribution in [2.75, 3.05) is 0 Å². The van der Waals surface area contributed by atoms with Gasteiger partial charge in [-0.05, 0) is 65.7 Å². The molecule has 246 valence electrons. The minimum absolute atomic E-state index is 0.621. The van der Waals surface area contributed by atoms with E-state index in [1.54, 1.807) is 0 Å². The molecular weight excluding hydrogens is 645 g/mol. The van der Waals surface area contributed by atoms with Crippen molar-refractivity contribution in [2.45, 2.75) is 0 Å². The van der Waals surface area contributed by atoms with E-state index in [0.29, 0.717) is 5.56 Å². The van der Waals surface area contributed by atoms with Gasteiger partial charge in [0.25, 0.3) is 0 Å². The fourth-order valence-corrected chi connectivity index (χ4v) is 8.71. The van der Waals surface area contributed by atoms with E-state index in [4.69, 9.17) is 0 Å². The standard InChI is InChI=1S/C49H30N4/c50-31-34-29-28-33(32-16-4-1-5-17-32)30-43(34)53-42-27-15-12-24-39(42)46-48-44(37-22-10-13-25-40(37)51(48)35-18-6-2-7-19-35)47-45(49(46)53)38-23-11-14-26-41(38)52(47)36-20-8-3-9-21-36/h1-30H. The van der Waals surface area contributed by atoms with Gasteiger partial charge in [-0.25, -0.2) is 0 Å². The molecular formula is C49H30N4. The summed E-state index contributed by atoms with van der Waals surface area (Å²) in [6.07, 6.45) is 0. The second kappa shape index (κ2) is 11.3. The molecule has 3 heterocycles. The van der Waals surface area contributed by atoms with Crippen LogP contribution in [0.25, 0.3) is 93.6 Å². The van der Waals surface area contributed by atoms with Gasteiger partial charge in [0, 0.05) is 43.7 Å². The van der Waals surface area contributed by atoms with E-state index in [2.05, 4.69) is 190 Å². The van der Waals surface area contributed by atoms with Crippen molar-refractivity contribution < 1.29 is 0 Å². The Morgan fingerprint density at radius 2 is 0.755 bits per heavy atom. The van der Waals surface area contributed by atoms with E-state index in [0.717, 1.165) is 82.8 Å². The minimum Gasteiger partial charge on any atom is -0.308 e. The quantitative estimate of drug-likeness (QED) is 0.183. The van der Waals surface area contributed by atoms with Crippen molar-refractivity contribution in [1.29, 1.82) is 5.26 Å². The minimum atomic E-state index is 0.621. The summed E-state index contributed by atoms with van der Waals surface area (Å²) in [5, 5.41) is 17.8. The Hall–Kier alpha value is -7.35. The summed E-state index contributed by atoms with van der Waals surface area (Å²) in [5.74, 6) is 0. The molecule has 0 fully saturated rings. The molecule has 53 heavy (non-hydrogen) atoms. The molecule has 0 N–H and O–H groups in total. The number of rotatable bonds is 4. The molecule has 8 aromatic carbocycles. The van der Waals surface area contributed by atoms with Gasteiger partial charge in [0.15, 0.2) is 0 Å². The SMILES string of the molecule is N#Cc1ccc(-c2ccccc2)cc1-n1c2ccccc2c2c3c(c4ccccc4n3-c3ccccc3)c3c(c4ccccc4n3-c3ccccc3)c21. The van der Waals surface area contributed by atoms with Crippen LogP contribution in [0.3, 0.4) is 0 Å². The highest BCUT2D eigenvalue weighted by atomic mass is 15.0. The molecule has 0 unspecified atom stereocenters. The maximum Gasteiger partial charge on any atom is 0.101 e. The molecule has 0 aliphatic heterocycles. The topological polar surface area (TPSA) is 38.6 Å². The van der Waals surface area contributed by atoms with Crippen LogP contribution >= 0.6 is 0 Å². The van der Waals surface area contributed by atoms with Crippen LogP contribution < -0.4 is 0 Å². The molecule has 0 amide bonds. The smallest absolute Gasteiger partial charge is 0.101 e. The molecule has 4 heteroatoms. The number of aromatic nitrogens is 3. The van der Waals surface area contributed by atoms with Gasteiger partial charge in [0.2, 0.25) is 0 Å². The molecule has 4 nitrogen and oxygen atoms in total. The van der Waals surface area contributed by atoms with Crippen LogP contribution in [0.2, 0.25) is 0 Å². The average molecular weight is 675 g/mol. The van der Waals surface area contributed by atoms with E-state index >= 15 is 0 Å². The fourth-order valence-electron chi connectivity index (χ4n) is 8.71. The second-order valence-corrected chi connectivity index (χ2v) is 13.6. The van der Waals surface area contributed by atoms with Gasteiger partial charge >= 0.3 is 0 Å².